The standard InChI is InChI=1S/C25H21BrN2O4S2/c1-2-32-20-11-7-6-10-19(20)28-25-24(34(30,31)18-14-12-17(26)13-15-18)21(27)23(33-25)22(29)16-8-4-3-5-9-16/h3-15,28H,2,27H2,1H3. The Morgan fingerprint density at radius 1 is 1.00 bits per heavy atom. The third kappa shape index (κ3) is 4.72. The lowest BCUT2D eigenvalue weighted by Crippen LogP contribution is -2.08. The summed E-state index contributed by atoms with van der Waals surface area (Å²) in [4.78, 5) is 13.3. The number of carbonyl (C=O) groups excluding carboxylic acids is 1. The van der Waals surface area contributed by atoms with Crippen molar-refractivity contribution < 1.29 is 17.9 Å². The van der Waals surface area contributed by atoms with Crippen LogP contribution >= 0.6 is 27.3 Å². The summed E-state index contributed by atoms with van der Waals surface area (Å²) in [6.45, 7) is 2.30. The van der Waals surface area contributed by atoms with E-state index in [0.29, 0.717) is 23.6 Å². The normalized spacial score (nSPS) is 11.2. The summed E-state index contributed by atoms with van der Waals surface area (Å²) in [6, 6.07) is 22.1. The molecule has 0 unspecified atom stereocenters. The molecule has 0 atom stereocenters. The molecule has 3 aromatic carbocycles. The number of rotatable bonds is 8. The van der Waals surface area contributed by atoms with Crippen LogP contribution in [0.5, 0.6) is 5.75 Å². The van der Waals surface area contributed by atoms with Crippen LogP contribution in [0, 0.1) is 0 Å². The monoisotopic (exact) mass is 556 g/mol. The lowest BCUT2D eigenvalue weighted by Gasteiger charge is -2.13. The maximum Gasteiger partial charge on any atom is 0.211 e. The van der Waals surface area contributed by atoms with Crippen molar-refractivity contribution in [3.63, 3.8) is 0 Å². The fourth-order valence-electron chi connectivity index (χ4n) is 3.37. The number of anilines is 3. The maximum absolute atomic E-state index is 13.7. The van der Waals surface area contributed by atoms with Gasteiger partial charge >= 0.3 is 0 Å². The van der Waals surface area contributed by atoms with Crippen molar-refractivity contribution in [1.29, 1.82) is 0 Å². The minimum Gasteiger partial charge on any atom is -0.492 e. The molecule has 0 aliphatic heterocycles. The number of nitrogens with two attached hydrogens (primary N) is 1. The van der Waals surface area contributed by atoms with Crippen LogP contribution in [0.1, 0.15) is 22.2 Å². The highest BCUT2D eigenvalue weighted by Crippen LogP contribution is 2.45. The van der Waals surface area contributed by atoms with Gasteiger partial charge in [-0.2, -0.15) is 0 Å². The lowest BCUT2D eigenvalue weighted by atomic mass is 10.1. The second-order valence-corrected chi connectivity index (χ2v) is 11.0. The van der Waals surface area contributed by atoms with Gasteiger partial charge in [0.05, 0.1) is 22.9 Å². The number of para-hydroxylation sites is 2. The number of benzene rings is 3. The van der Waals surface area contributed by atoms with Crippen molar-refractivity contribution in [2.24, 2.45) is 0 Å². The molecule has 3 N–H and O–H groups in total. The van der Waals surface area contributed by atoms with Crippen LogP contribution in [0.25, 0.3) is 0 Å². The average Bonchev–Trinajstić information content (AvgIpc) is 3.17. The molecule has 0 spiro atoms. The van der Waals surface area contributed by atoms with Gasteiger partial charge in [-0.25, -0.2) is 8.42 Å². The molecule has 0 fully saturated rings. The van der Waals surface area contributed by atoms with Gasteiger partial charge in [-0.3, -0.25) is 4.79 Å². The van der Waals surface area contributed by atoms with Crippen LogP contribution < -0.4 is 15.8 Å². The van der Waals surface area contributed by atoms with Gasteiger partial charge in [0, 0.05) is 10.0 Å². The molecule has 4 aromatic rings. The van der Waals surface area contributed by atoms with E-state index in [1.54, 1.807) is 60.7 Å². The highest BCUT2D eigenvalue weighted by Gasteiger charge is 2.32. The summed E-state index contributed by atoms with van der Waals surface area (Å²) in [5.74, 6) is 0.210. The number of ether oxygens (including phenoxy) is 1. The molecule has 0 radical (unpaired) electrons. The summed E-state index contributed by atoms with van der Waals surface area (Å²) < 4.78 is 33.8. The number of carbonyl (C=O) groups is 1. The topological polar surface area (TPSA) is 98.5 Å². The van der Waals surface area contributed by atoms with Gasteiger partial charge in [-0.15, -0.1) is 11.3 Å². The predicted octanol–water partition coefficient (Wildman–Crippen LogP) is 6.30. The molecule has 9 heteroatoms. The Bertz CT molecular complexity index is 1430. The minimum atomic E-state index is -4.05. The number of nitrogen functional groups attached to an aromatic ring is 1. The van der Waals surface area contributed by atoms with Gasteiger partial charge < -0.3 is 15.8 Å². The summed E-state index contributed by atoms with van der Waals surface area (Å²) >= 11 is 4.33. The molecule has 6 nitrogen and oxygen atoms in total. The molecule has 0 saturated carbocycles. The molecule has 34 heavy (non-hydrogen) atoms. The third-order valence-corrected chi connectivity index (χ3v) is 8.60. The van der Waals surface area contributed by atoms with Gasteiger partial charge in [-0.05, 0) is 43.3 Å². The summed E-state index contributed by atoms with van der Waals surface area (Å²) in [5.41, 5.74) is 7.28. The van der Waals surface area contributed by atoms with Gasteiger partial charge in [-0.1, -0.05) is 58.4 Å². The zero-order valence-electron chi connectivity index (χ0n) is 18.1. The van der Waals surface area contributed by atoms with E-state index in [1.807, 2.05) is 13.0 Å². The molecule has 1 aromatic heterocycles. The second-order valence-electron chi connectivity index (χ2n) is 7.21. The molecule has 0 amide bonds. The zero-order valence-corrected chi connectivity index (χ0v) is 21.3. The van der Waals surface area contributed by atoms with Crippen molar-refractivity contribution in [3.05, 3.63) is 93.8 Å². The van der Waals surface area contributed by atoms with E-state index in [9.17, 15) is 13.2 Å². The Morgan fingerprint density at radius 2 is 1.65 bits per heavy atom. The Labute approximate surface area is 210 Å². The van der Waals surface area contributed by atoms with E-state index in [2.05, 4.69) is 21.2 Å². The highest BCUT2D eigenvalue weighted by atomic mass is 79.9. The molecule has 4 rings (SSSR count). The van der Waals surface area contributed by atoms with E-state index >= 15 is 0 Å². The molecule has 174 valence electrons. The van der Waals surface area contributed by atoms with Crippen molar-refractivity contribution in [2.75, 3.05) is 17.7 Å². The van der Waals surface area contributed by atoms with Crippen molar-refractivity contribution in [1.82, 2.24) is 0 Å². The zero-order chi connectivity index (χ0) is 24.3. The minimum absolute atomic E-state index is 0.0695. The molecule has 1 heterocycles. The first-order chi connectivity index (χ1) is 16.3. The fraction of sp³-hybridized carbons (Fsp3) is 0.0800. The molecule has 0 aliphatic carbocycles. The van der Waals surface area contributed by atoms with E-state index < -0.39 is 9.84 Å². The quantitative estimate of drug-likeness (QED) is 0.247. The van der Waals surface area contributed by atoms with Crippen molar-refractivity contribution >= 4 is 59.3 Å². The summed E-state index contributed by atoms with van der Waals surface area (Å²) in [5, 5.41) is 3.40. The van der Waals surface area contributed by atoms with E-state index in [1.165, 1.54) is 12.1 Å². The van der Waals surface area contributed by atoms with Crippen LogP contribution in [0.15, 0.2) is 93.1 Å². The van der Waals surface area contributed by atoms with Gasteiger partial charge in [0.1, 0.15) is 20.5 Å². The fourth-order valence-corrected chi connectivity index (χ4v) is 6.56. The Kier molecular flexibility index (Phi) is 7.06. The van der Waals surface area contributed by atoms with Crippen LogP contribution in [-0.2, 0) is 9.84 Å². The van der Waals surface area contributed by atoms with Gasteiger partial charge in [0.15, 0.2) is 0 Å². The first-order valence-corrected chi connectivity index (χ1v) is 13.4. The van der Waals surface area contributed by atoms with Gasteiger partial charge in [0.25, 0.3) is 0 Å². The first kappa shape index (κ1) is 24.0. The molecular formula is C25H21BrN2O4S2. The van der Waals surface area contributed by atoms with E-state index in [0.717, 1.165) is 15.8 Å². The number of halogens is 1. The summed E-state index contributed by atoms with van der Waals surface area (Å²) in [6.07, 6.45) is 0. The number of nitrogens with one attached hydrogen (secondary N) is 1. The Balaban J connectivity index is 1.89. The van der Waals surface area contributed by atoms with Crippen LogP contribution in [0.2, 0.25) is 0 Å². The van der Waals surface area contributed by atoms with E-state index in [-0.39, 0.29) is 31.1 Å². The Morgan fingerprint density at radius 3 is 2.32 bits per heavy atom. The average molecular weight is 557 g/mol. The predicted molar refractivity (Wildman–Crippen MR) is 139 cm³/mol. The van der Waals surface area contributed by atoms with Crippen LogP contribution in [0.4, 0.5) is 16.4 Å². The number of ketones is 1. The number of sulfone groups is 1. The number of hydrogen-bond donors (Lipinski definition) is 2. The van der Waals surface area contributed by atoms with Crippen molar-refractivity contribution in [2.45, 2.75) is 16.7 Å². The van der Waals surface area contributed by atoms with Crippen LogP contribution in [0.3, 0.4) is 0 Å². The molecule has 0 aliphatic rings. The van der Waals surface area contributed by atoms with Gasteiger partial charge in [0.2, 0.25) is 15.6 Å². The summed E-state index contributed by atoms with van der Waals surface area (Å²) in [7, 11) is -4.05. The maximum atomic E-state index is 13.7. The molecule has 0 bridgehead atoms. The lowest BCUT2D eigenvalue weighted by molar-refractivity contribution is 0.104. The molecular weight excluding hydrogens is 536 g/mol. The number of thiophene rings is 1. The number of hydrogen-bond acceptors (Lipinski definition) is 7. The second kappa shape index (κ2) is 10.0. The molecule has 0 saturated heterocycles. The van der Waals surface area contributed by atoms with Crippen LogP contribution in [-0.4, -0.2) is 20.8 Å². The smallest absolute Gasteiger partial charge is 0.211 e. The first-order valence-electron chi connectivity index (χ1n) is 10.3. The SMILES string of the molecule is CCOc1ccccc1Nc1sc(C(=O)c2ccccc2)c(N)c1S(=O)(=O)c1ccc(Br)cc1. The largest absolute Gasteiger partial charge is 0.492 e. The third-order valence-electron chi connectivity index (χ3n) is 4.97. The van der Waals surface area contributed by atoms with E-state index in [4.69, 9.17) is 10.5 Å². The van der Waals surface area contributed by atoms with Crippen molar-refractivity contribution in [3.8, 4) is 5.75 Å². The highest BCUT2D eigenvalue weighted by molar-refractivity contribution is 9.10. The Hall–Kier alpha value is -3.14.